The lowest BCUT2D eigenvalue weighted by molar-refractivity contribution is -0.143. The van der Waals surface area contributed by atoms with Crippen molar-refractivity contribution in [3.05, 3.63) is 60.2 Å². The summed E-state index contributed by atoms with van der Waals surface area (Å²) >= 11 is 0. The van der Waals surface area contributed by atoms with Crippen molar-refractivity contribution in [3.8, 4) is 0 Å². The third-order valence-electron chi connectivity index (χ3n) is 6.37. The first kappa shape index (κ1) is 27.3. The minimum absolute atomic E-state index is 0.0666. The lowest BCUT2D eigenvalue weighted by Gasteiger charge is -2.19. The lowest BCUT2D eigenvalue weighted by Crippen LogP contribution is -2.20. The zero-order valence-electron chi connectivity index (χ0n) is 20.0. The summed E-state index contributed by atoms with van der Waals surface area (Å²) in [5.41, 5.74) is 1.27. The Morgan fingerprint density at radius 1 is 1.12 bits per heavy atom. The van der Waals surface area contributed by atoms with E-state index in [-0.39, 0.29) is 17.8 Å². The van der Waals surface area contributed by atoms with Gasteiger partial charge in [0.05, 0.1) is 24.9 Å². The van der Waals surface area contributed by atoms with Crippen LogP contribution in [-0.2, 0) is 16.0 Å². The van der Waals surface area contributed by atoms with Crippen LogP contribution in [0.2, 0.25) is 0 Å². The predicted octanol–water partition coefficient (Wildman–Crippen LogP) is 4.74. The molecule has 0 aliphatic heterocycles. The Labute approximate surface area is 199 Å². The molecular formula is C28H42O5. The van der Waals surface area contributed by atoms with Crippen LogP contribution in [0, 0.1) is 11.8 Å². The van der Waals surface area contributed by atoms with Crippen molar-refractivity contribution in [2.24, 2.45) is 11.8 Å². The largest absolute Gasteiger partial charge is 0.466 e. The van der Waals surface area contributed by atoms with Gasteiger partial charge in [-0.3, -0.25) is 4.79 Å². The third-order valence-corrected chi connectivity index (χ3v) is 6.37. The summed E-state index contributed by atoms with van der Waals surface area (Å²) in [6.45, 7) is 2.57. The number of benzene rings is 1. The summed E-state index contributed by atoms with van der Waals surface area (Å²) in [7, 11) is 0. The molecule has 1 saturated carbocycles. The molecule has 1 aliphatic carbocycles. The molecule has 1 aromatic carbocycles. The molecule has 0 bridgehead atoms. The molecule has 1 fully saturated rings. The van der Waals surface area contributed by atoms with E-state index in [1.54, 1.807) is 6.08 Å². The fourth-order valence-corrected chi connectivity index (χ4v) is 4.36. The van der Waals surface area contributed by atoms with Crippen LogP contribution in [0.1, 0.15) is 70.3 Å². The van der Waals surface area contributed by atoms with Crippen LogP contribution < -0.4 is 0 Å². The van der Waals surface area contributed by atoms with Gasteiger partial charge in [0.2, 0.25) is 0 Å². The van der Waals surface area contributed by atoms with Crippen LogP contribution in [0.25, 0.3) is 0 Å². The second kappa shape index (κ2) is 15.8. The number of aliphatic hydroxyl groups excluding tert-OH is 3. The quantitative estimate of drug-likeness (QED) is 0.201. The highest BCUT2D eigenvalue weighted by Gasteiger charge is 2.39. The van der Waals surface area contributed by atoms with Crippen molar-refractivity contribution in [1.82, 2.24) is 0 Å². The van der Waals surface area contributed by atoms with Crippen LogP contribution >= 0.6 is 0 Å². The Kier molecular flexibility index (Phi) is 13.1. The second-order valence-electron chi connectivity index (χ2n) is 9.12. The molecule has 5 nitrogen and oxygen atoms in total. The maximum atomic E-state index is 11.6. The van der Waals surface area contributed by atoms with E-state index in [0.717, 1.165) is 38.5 Å². The monoisotopic (exact) mass is 458 g/mol. The Bertz CT molecular complexity index is 714. The maximum Gasteiger partial charge on any atom is 0.305 e. The number of unbranched alkanes of at least 4 members (excludes halogenated alkanes) is 2. The highest BCUT2D eigenvalue weighted by atomic mass is 16.5. The number of hydrogen-bond donors (Lipinski definition) is 3. The molecule has 184 valence electrons. The van der Waals surface area contributed by atoms with Gasteiger partial charge >= 0.3 is 5.97 Å². The van der Waals surface area contributed by atoms with Gasteiger partial charge in [0, 0.05) is 18.8 Å². The number of carbonyl (C=O) groups is 1. The predicted molar refractivity (Wildman–Crippen MR) is 132 cm³/mol. The van der Waals surface area contributed by atoms with E-state index >= 15 is 0 Å². The normalized spacial score (nSPS) is 24.0. The molecule has 0 amide bonds. The van der Waals surface area contributed by atoms with Crippen molar-refractivity contribution < 1.29 is 24.9 Å². The molecule has 0 radical (unpaired) electrons. The van der Waals surface area contributed by atoms with Gasteiger partial charge in [-0.2, -0.15) is 0 Å². The average Bonchev–Trinajstić information content (AvgIpc) is 3.07. The molecule has 1 aliphatic rings. The molecule has 33 heavy (non-hydrogen) atoms. The first-order valence-corrected chi connectivity index (χ1v) is 12.6. The van der Waals surface area contributed by atoms with Gasteiger partial charge in [0.15, 0.2) is 0 Å². The van der Waals surface area contributed by atoms with E-state index in [9.17, 15) is 20.1 Å². The minimum Gasteiger partial charge on any atom is -0.466 e. The number of aliphatic hydroxyl groups is 3. The number of allylic oxidation sites excluding steroid dienone is 2. The molecule has 3 N–H and O–H groups in total. The SMILES string of the molecule is CCCCOC(=O)CCCC=CCC1C(C=C[C@@H](O)CCCc2ccccc2)[C@H](O)C[C@@H]1O. The molecule has 2 unspecified atom stereocenters. The zero-order valence-corrected chi connectivity index (χ0v) is 20.0. The summed E-state index contributed by atoms with van der Waals surface area (Å²) in [5.74, 6) is -0.372. The first-order valence-electron chi connectivity index (χ1n) is 12.6. The number of hydrogen-bond acceptors (Lipinski definition) is 5. The minimum atomic E-state index is -0.593. The Morgan fingerprint density at radius 2 is 1.91 bits per heavy atom. The molecule has 0 heterocycles. The van der Waals surface area contributed by atoms with E-state index in [1.165, 1.54) is 5.56 Å². The maximum absolute atomic E-state index is 11.6. The van der Waals surface area contributed by atoms with E-state index in [0.29, 0.717) is 32.3 Å². The topological polar surface area (TPSA) is 87.0 Å². The van der Waals surface area contributed by atoms with Crippen LogP contribution in [0.15, 0.2) is 54.6 Å². The number of aryl methyl sites for hydroxylation is 1. The summed E-state index contributed by atoms with van der Waals surface area (Å²) in [6, 6.07) is 10.2. The Hall–Kier alpha value is -1.95. The van der Waals surface area contributed by atoms with Crippen molar-refractivity contribution in [3.63, 3.8) is 0 Å². The highest BCUT2D eigenvalue weighted by molar-refractivity contribution is 5.69. The molecule has 1 aromatic rings. The fourth-order valence-electron chi connectivity index (χ4n) is 4.36. The van der Waals surface area contributed by atoms with Gasteiger partial charge in [0.25, 0.3) is 0 Å². The van der Waals surface area contributed by atoms with E-state index in [2.05, 4.69) is 19.1 Å². The molecular weight excluding hydrogens is 416 g/mol. The highest BCUT2D eigenvalue weighted by Crippen LogP contribution is 2.36. The van der Waals surface area contributed by atoms with Gasteiger partial charge in [-0.25, -0.2) is 0 Å². The van der Waals surface area contributed by atoms with Gasteiger partial charge in [-0.1, -0.05) is 68.0 Å². The van der Waals surface area contributed by atoms with E-state index in [4.69, 9.17) is 4.74 Å². The van der Waals surface area contributed by atoms with Crippen molar-refractivity contribution >= 4 is 5.97 Å². The lowest BCUT2D eigenvalue weighted by atomic mass is 9.89. The van der Waals surface area contributed by atoms with Crippen LogP contribution in [0.5, 0.6) is 0 Å². The molecule has 0 spiro atoms. The van der Waals surface area contributed by atoms with Gasteiger partial charge in [0.1, 0.15) is 0 Å². The summed E-state index contributed by atoms with van der Waals surface area (Å²) < 4.78 is 5.15. The molecule has 0 aromatic heterocycles. The van der Waals surface area contributed by atoms with E-state index in [1.807, 2.05) is 36.4 Å². The molecule has 5 atom stereocenters. The summed E-state index contributed by atoms with van der Waals surface area (Å²) in [6.07, 6.45) is 13.4. The fraction of sp³-hybridized carbons (Fsp3) is 0.607. The van der Waals surface area contributed by atoms with Gasteiger partial charge < -0.3 is 20.1 Å². The number of rotatable bonds is 15. The Morgan fingerprint density at radius 3 is 2.67 bits per heavy atom. The molecule has 2 rings (SSSR count). The average molecular weight is 459 g/mol. The van der Waals surface area contributed by atoms with Crippen molar-refractivity contribution in [1.29, 1.82) is 0 Å². The summed E-state index contributed by atoms with van der Waals surface area (Å²) in [5, 5.41) is 31.1. The Balaban J connectivity index is 1.70. The zero-order chi connectivity index (χ0) is 23.9. The standard InChI is InChI=1S/C28H42O5/c1-2-3-20-33-28(32)17-10-5-4-9-16-24-25(27(31)21-26(24)30)19-18-23(29)15-11-14-22-12-7-6-8-13-22/h4,6-9,12-13,18-19,23-27,29-31H,2-3,5,10-11,14-17,20-21H2,1H3/t23-,24?,25?,26-,27+/m0/s1. The van der Waals surface area contributed by atoms with Crippen molar-refractivity contribution in [2.45, 2.75) is 89.4 Å². The molecule has 0 saturated heterocycles. The third kappa shape index (κ3) is 10.7. The van der Waals surface area contributed by atoms with Crippen LogP contribution in [-0.4, -0.2) is 46.2 Å². The van der Waals surface area contributed by atoms with Gasteiger partial charge in [-0.05, 0) is 56.4 Å². The first-order chi connectivity index (χ1) is 16.0. The summed E-state index contributed by atoms with van der Waals surface area (Å²) in [4.78, 5) is 11.6. The van der Waals surface area contributed by atoms with E-state index < -0.39 is 18.3 Å². The van der Waals surface area contributed by atoms with Crippen LogP contribution in [0.3, 0.4) is 0 Å². The number of carbonyl (C=O) groups excluding carboxylic acids is 1. The number of ether oxygens (including phenoxy) is 1. The molecule has 5 heteroatoms. The second-order valence-corrected chi connectivity index (χ2v) is 9.12. The van der Waals surface area contributed by atoms with Gasteiger partial charge in [-0.15, -0.1) is 0 Å². The number of esters is 1. The smallest absolute Gasteiger partial charge is 0.305 e. The van der Waals surface area contributed by atoms with Crippen molar-refractivity contribution in [2.75, 3.05) is 6.61 Å². The van der Waals surface area contributed by atoms with Crippen LogP contribution in [0.4, 0.5) is 0 Å².